The van der Waals surface area contributed by atoms with Gasteiger partial charge < -0.3 is 19.7 Å². The lowest BCUT2D eigenvalue weighted by Gasteiger charge is -2.36. The average Bonchev–Trinajstić information content (AvgIpc) is 2.46. The molecule has 0 aliphatic carbocycles. The van der Waals surface area contributed by atoms with E-state index in [1.807, 2.05) is 6.08 Å². The summed E-state index contributed by atoms with van der Waals surface area (Å²) >= 11 is 0. The molecule has 0 bridgehead atoms. The molecule has 2 aliphatic heterocycles. The molecular weight excluding hydrogens is 268 g/mol. The number of rotatable bonds is 2. The van der Waals surface area contributed by atoms with E-state index in [2.05, 4.69) is 34.6 Å². The first-order valence-corrected chi connectivity index (χ1v) is 8.10. The van der Waals surface area contributed by atoms with E-state index < -0.39 is 0 Å². The Morgan fingerprint density at radius 2 is 1.57 bits per heavy atom. The zero-order valence-corrected chi connectivity index (χ0v) is 14.0. The van der Waals surface area contributed by atoms with Crippen molar-refractivity contribution < 1.29 is 19.7 Å². The maximum Gasteiger partial charge on any atom is 0.124 e. The minimum absolute atomic E-state index is 0.000000000000000444. The maximum atomic E-state index is 8.97. The quantitative estimate of drug-likeness (QED) is 0.823. The van der Waals surface area contributed by atoms with Gasteiger partial charge in [-0.3, -0.25) is 0 Å². The van der Waals surface area contributed by atoms with Crippen molar-refractivity contribution in [2.75, 3.05) is 13.2 Å². The van der Waals surface area contributed by atoms with Gasteiger partial charge in [-0.1, -0.05) is 27.7 Å². The zero-order chi connectivity index (χ0) is 16.0. The van der Waals surface area contributed by atoms with Gasteiger partial charge in [0.1, 0.15) is 6.10 Å². The molecule has 0 amide bonds. The number of aliphatic hydroxyl groups excluding tert-OH is 2. The van der Waals surface area contributed by atoms with E-state index in [4.69, 9.17) is 19.7 Å². The molecule has 7 atom stereocenters. The van der Waals surface area contributed by atoms with E-state index in [1.165, 1.54) is 0 Å². The van der Waals surface area contributed by atoms with E-state index in [-0.39, 0.29) is 25.4 Å². The summed E-state index contributed by atoms with van der Waals surface area (Å²) in [7, 11) is 0. The van der Waals surface area contributed by atoms with E-state index in [0.717, 1.165) is 6.42 Å². The van der Waals surface area contributed by atoms with Gasteiger partial charge in [0.2, 0.25) is 0 Å². The van der Waals surface area contributed by atoms with Crippen LogP contribution in [-0.2, 0) is 9.47 Å². The molecule has 124 valence electrons. The molecule has 0 spiro atoms. The first-order chi connectivity index (χ1) is 9.90. The molecule has 0 aromatic rings. The van der Waals surface area contributed by atoms with Crippen molar-refractivity contribution in [3.8, 4) is 0 Å². The standard InChI is InChI=1S/C9H18O2.C8H14O2/c1-6-4-7(2)11-9(5-10)8(6)3;1-6-3-4-10-8(5-9)7(6)2/h6-10H,4-5H2,1-3H3;3-4,6-9H,5H2,1-2H3. The van der Waals surface area contributed by atoms with Gasteiger partial charge in [-0.15, -0.1) is 0 Å². The van der Waals surface area contributed by atoms with Crippen LogP contribution in [-0.4, -0.2) is 41.7 Å². The van der Waals surface area contributed by atoms with Crippen molar-refractivity contribution in [3.05, 3.63) is 12.3 Å². The third-order valence-corrected chi connectivity index (χ3v) is 5.01. The monoisotopic (exact) mass is 300 g/mol. The first-order valence-electron chi connectivity index (χ1n) is 8.10. The summed E-state index contributed by atoms with van der Waals surface area (Å²) in [6, 6.07) is 0. The zero-order valence-electron chi connectivity index (χ0n) is 14.0. The fourth-order valence-electron chi connectivity index (χ4n) is 2.91. The van der Waals surface area contributed by atoms with Gasteiger partial charge in [-0.05, 0) is 37.2 Å². The van der Waals surface area contributed by atoms with Gasteiger partial charge in [0.25, 0.3) is 0 Å². The molecule has 1 fully saturated rings. The predicted molar refractivity (Wildman–Crippen MR) is 83.8 cm³/mol. The van der Waals surface area contributed by atoms with Crippen LogP contribution in [0.4, 0.5) is 0 Å². The van der Waals surface area contributed by atoms with E-state index in [0.29, 0.717) is 29.8 Å². The number of allylic oxidation sites excluding steroid dienone is 1. The second kappa shape index (κ2) is 8.76. The van der Waals surface area contributed by atoms with Crippen LogP contribution in [0.1, 0.15) is 41.0 Å². The number of hydrogen-bond donors (Lipinski definition) is 2. The second-order valence-electron chi connectivity index (χ2n) is 6.64. The van der Waals surface area contributed by atoms with Gasteiger partial charge in [0, 0.05) is 5.92 Å². The van der Waals surface area contributed by atoms with Crippen LogP contribution in [0.25, 0.3) is 0 Å². The molecule has 0 saturated carbocycles. The lowest BCUT2D eigenvalue weighted by molar-refractivity contribution is -0.112. The van der Waals surface area contributed by atoms with Crippen LogP contribution in [0.15, 0.2) is 12.3 Å². The Hall–Kier alpha value is -0.580. The van der Waals surface area contributed by atoms with Crippen LogP contribution >= 0.6 is 0 Å². The van der Waals surface area contributed by atoms with Crippen LogP contribution in [0, 0.1) is 23.7 Å². The van der Waals surface area contributed by atoms with E-state index in [9.17, 15) is 0 Å². The number of hydrogen-bond acceptors (Lipinski definition) is 4. The number of ether oxygens (including phenoxy) is 2. The van der Waals surface area contributed by atoms with Crippen molar-refractivity contribution in [2.24, 2.45) is 23.7 Å². The summed E-state index contributed by atoms with van der Waals surface area (Å²) < 4.78 is 10.7. The maximum absolute atomic E-state index is 8.97. The smallest absolute Gasteiger partial charge is 0.124 e. The molecular formula is C17H32O4. The Bertz CT molecular complexity index is 318. The molecule has 0 radical (unpaired) electrons. The van der Waals surface area contributed by atoms with Gasteiger partial charge in [-0.25, -0.2) is 0 Å². The molecule has 2 N–H and O–H groups in total. The average molecular weight is 300 g/mol. The topological polar surface area (TPSA) is 58.9 Å². The van der Waals surface area contributed by atoms with Crippen molar-refractivity contribution >= 4 is 0 Å². The van der Waals surface area contributed by atoms with Crippen LogP contribution in [0.3, 0.4) is 0 Å². The van der Waals surface area contributed by atoms with Crippen molar-refractivity contribution in [3.63, 3.8) is 0 Å². The van der Waals surface area contributed by atoms with Crippen LogP contribution in [0.2, 0.25) is 0 Å². The Balaban J connectivity index is 0.000000211. The Morgan fingerprint density at radius 1 is 0.952 bits per heavy atom. The molecule has 4 heteroatoms. The van der Waals surface area contributed by atoms with Gasteiger partial charge in [0.15, 0.2) is 0 Å². The lowest BCUT2D eigenvalue weighted by Crippen LogP contribution is -2.39. The molecule has 1 saturated heterocycles. The molecule has 2 rings (SSSR count). The molecule has 2 heterocycles. The fourth-order valence-corrected chi connectivity index (χ4v) is 2.91. The number of aliphatic hydroxyl groups is 2. The summed E-state index contributed by atoms with van der Waals surface area (Å²) in [6.45, 7) is 11.0. The third kappa shape index (κ3) is 5.28. The highest BCUT2D eigenvalue weighted by molar-refractivity contribution is 4.91. The normalized spacial score (nSPS) is 42.7. The SMILES string of the molecule is CC1C=COC(CO)C1C.CC1CC(C)C(C)C(CO)O1. The molecule has 0 aromatic heterocycles. The lowest BCUT2D eigenvalue weighted by atomic mass is 9.84. The van der Waals surface area contributed by atoms with Crippen LogP contribution in [0.5, 0.6) is 0 Å². The molecule has 4 nitrogen and oxygen atoms in total. The summed E-state index contributed by atoms with van der Waals surface area (Å²) in [5, 5.41) is 17.8. The minimum atomic E-state index is -0.000000000000000444. The highest BCUT2D eigenvalue weighted by atomic mass is 16.5. The van der Waals surface area contributed by atoms with Crippen molar-refractivity contribution in [2.45, 2.75) is 59.4 Å². The minimum Gasteiger partial charge on any atom is -0.496 e. The molecule has 21 heavy (non-hydrogen) atoms. The highest BCUT2D eigenvalue weighted by Gasteiger charge is 2.30. The highest BCUT2D eigenvalue weighted by Crippen LogP contribution is 2.29. The largest absolute Gasteiger partial charge is 0.496 e. The molecule has 7 unspecified atom stereocenters. The Morgan fingerprint density at radius 3 is 2.10 bits per heavy atom. The summed E-state index contributed by atoms with van der Waals surface area (Å²) in [5.41, 5.74) is 0. The summed E-state index contributed by atoms with van der Waals surface area (Å²) in [4.78, 5) is 0. The Labute approximate surface area is 129 Å². The first kappa shape index (κ1) is 18.5. The Kier molecular flexibility index (Phi) is 7.71. The predicted octanol–water partition coefficient (Wildman–Crippen LogP) is 2.59. The molecule has 0 aromatic carbocycles. The van der Waals surface area contributed by atoms with Crippen molar-refractivity contribution in [1.82, 2.24) is 0 Å². The van der Waals surface area contributed by atoms with Crippen LogP contribution < -0.4 is 0 Å². The molecule has 2 aliphatic rings. The van der Waals surface area contributed by atoms with E-state index in [1.54, 1.807) is 6.26 Å². The van der Waals surface area contributed by atoms with Gasteiger partial charge >= 0.3 is 0 Å². The summed E-state index contributed by atoms with van der Waals surface area (Å²) in [5.74, 6) is 2.12. The van der Waals surface area contributed by atoms with E-state index >= 15 is 0 Å². The third-order valence-electron chi connectivity index (χ3n) is 5.01. The van der Waals surface area contributed by atoms with Crippen molar-refractivity contribution in [1.29, 1.82) is 0 Å². The van der Waals surface area contributed by atoms with Gasteiger partial charge in [-0.2, -0.15) is 0 Å². The fraction of sp³-hybridized carbons (Fsp3) is 0.882. The van der Waals surface area contributed by atoms with Gasteiger partial charge in [0.05, 0.1) is 31.7 Å². The summed E-state index contributed by atoms with van der Waals surface area (Å²) in [6.07, 6.45) is 5.21. The second-order valence-corrected chi connectivity index (χ2v) is 6.64.